The number of aromatic nitrogens is 1. The van der Waals surface area contributed by atoms with Crippen LogP contribution in [-0.2, 0) is 25.5 Å². The van der Waals surface area contributed by atoms with Gasteiger partial charge in [0.25, 0.3) is 5.91 Å². The Hall–Kier alpha value is -3.61. The maximum Gasteiger partial charge on any atom is 0.337 e. The number of hydrogen-bond acceptors (Lipinski definition) is 5. The SMILES string of the molecule is COC(=O)c1ccc(NC(=O)COC(=O)CCc2c[nH]c3ccccc23)cc1. The van der Waals surface area contributed by atoms with Crippen molar-refractivity contribution >= 4 is 34.4 Å². The van der Waals surface area contributed by atoms with Crippen LogP contribution in [0.4, 0.5) is 5.69 Å². The van der Waals surface area contributed by atoms with Gasteiger partial charge in [0.05, 0.1) is 12.7 Å². The molecule has 2 N–H and O–H groups in total. The number of nitrogens with one attached hydrogen (secondary N) is 2. The van der Waals surface area contributed by atoms with Gasteiger partial charge < -0.3 is 19.8 Å². The molecule has 0 aliphatic heterocycles. The van der Waals surface area contributed by atoms with E-state index in [1.165, 1.54) is 19.2 Å². The topological polar surface area (TPSA) is 97.5 Å². The Morgan fingerprint density at radius 2 is 1.79 bits per heavy atom. The van der Waals surface area contributed by atoms with Crippen molar-refractivity contribution in [2.75, 3.05) is 19.0 Å². The molecule has 7 heteroatoms. The third-order valence-corrected chi connectivity index (χ3v) is 4.23. The maximum absolute atomic E-state index is 11.9. The predicted molar refractivity (Wildman–Crippen MR) is 104 cm³/mol. The summed E-state index contributed by atoms with van der Waals surface area (Å²) in [6.45, 7) is -0.370. The fourth-order valence-corrected chi connectivity index (χ4v) is 2.80. The first-order chi connectivity index (χ1) is 13.6. The predicted octanol–water partition coefficient (Wildman–Crippen LogP) is 3.07. The standard InChI is InChI=1S/C21H20N2O5/c1-27-21(26)14-6-9-16(10-7-14)23-19(24)13-28-20(25)11-8-15-12-22-18-5-3-2-4-17(15)18/h2-7,9-10,12,22H,8,11,13H2,1H3,(H,23,24). The normalized spacial score (nSPS) is 10.5. The molecule has 0 unspecified atom stereocenters. The van der Waals surface area contributed by atoms with Crippen molar-refractivity contribution in [3.05, 3.63) is 65.9 Å². The molecule has 0 radical (unpaired) electrons. The molecule has 7 nitrogen and oxygen atoms in total. The smallest absolute Gasteiger partial charge is 0.337 e. The zero-order chi connectivity index (χ0) is 19.9. The van der Waals surface area contributed by atoms with Crippen molar-refractivity contribution in [3.63, 3.8) is 0 Å². The van der Waals surface area contributed by atoms with Crippen molar-refractivity contribution < 1.29 is 23.9 Å². The molecule has 0 atom stereocenters. The highest BCUT2D eigenvalue weighted by molar-refractivity contribution is 5.94. The molecule has 3 rings (SSSR count). The molecular weight excluding hydrogens is 360 g/mol. The van der Waals surface area contributed by atoms with Crippen molar-refractivity contribution in [1.82, 2.24) is 4.98 Å². The summed E-state index contributed by atoms with van der Waals surface area (Å²) in [6.07, 6.45) is 2.59. The van der Waals surface area contributed by atoms with Crippen LogP contribution in [0.5, 0.6) is 0 Å². The van der Waals surface area contributed by atoms with Crippen LogP contribution >= 0.6 is 0 Å². The lowest BCUT2D eigenvalue weighted by molar-refractivity contribution is -0.147. The second-order valence-electron chi connectivity index (χ2n) is 6.14. The van der Waals surface area contributed by atoms with Crippen LogP contribution in [-0.4, -0.2) is 36.5 Å². The minimum Gasteiger partial charge on any atom is -0.465 e. The van der Waals surface area contributed by atoms with Crippen LogP contribution in [0, 0.1) is 0 Å². The summed E-state index contributed by atoms with van der Waals surface area (Å²) in [4.78, 5) is 38.4. The molecular formula is C21H20N2O5. The number of hydrogen-bond donors (Lipinski definition) is 2. The maximum atomic E-state index is 11.9. The number of anilines is 1. The molecule has 0 bridgehead atoms. The average Bonchev–Trinajstić information content (AvgIpc) is 3.14. The lowest BCUT2D eigenvalue weighted by Crippen LogP contribution is -2.21. The highest BCUT2D eigenvalue weighted by atomic mass is 16.5. The number of fused-ring (bicyclic) bond motifs is 1. The minimum absolute atomic E-state index is 0.183. The van der Waals surface area contributed by atoms with E-state index >= 15 is 0 Å². The van der Waals surface area contributed by atoms with E-state index in [1.807, 2.05) is 30.5 Å². The van der Waals surface area contributed by atoms with E-state index in [0.29, 0.717) is 17.7 Å². The molecule has 1 heterocycles. The second kappa shape index (κ2) is 8.85. The van der Waals surface area contributed by atoms with Crippen molar-refractivity contribution in [1.29, 1.82) is 0 Å². The number of esters is 2. The number of carbonyl (C=O) groups excluding carboxylic acids is 3. The molecule has 28 heavy (non-hydrogen) atoms. The van der Waals surface area contributed by atoms with Gasteiger partial charge in [0.1, 0.15) is 0 Å². The lowest BCUT2D eigenvalue weighted by Gasteiger charge is -2.07. The summed E-state index contributed by atoms with van der Waals surface area (Å²) >= 11 is 0. The molecule has 0 spiro atoms. The number of methoxy groups -OCH3 is 1. The number of carbonyl (C=O) groups is 3. The van der Waals surface area contributed by atoms with Crippen molar-refractivity contribution in [2.45, 2.75) is 12.8 Å². The van der Waals surface area contributed by atoms with Gasteiger partial charge in [0, 0.05) is 29.2 Å². The first-order valence-electron chi connectivity index (χ1n) is 8.75. The second-order valence-corrected chi connectivity index (χ2v) is 6.14. The zero-order valence-electron chi connectivity index (χ0n) is 15.4. The van der Waals surface area contributed by atoms with Gasteiger partial charge in [-0.1, -0.05) is 18.2 Å². The van der Waals surface area contributed by atoms with Crippen LogP contribution in [0.25, 0.3) is 10.9 Å². The average molecular weight is 380 g/mol. The summed E-state index contributed by atoms with van der Waals surface area (Å²) in [7, 11) is 1.30. The Bertz CT molecular complexity index is 991. The first-order valence-corrected chi connectivity index (χ1v) is 8.75. The Kier molecular flexibility index (Phi) is 6.06. The minimum atomic E-state index is -0.456. The lowest BCUT2D eigenvalue weighted by atomic mass is 10.1. The highest BCUT2D eigenvalue weighted by Crippen LogP contribution is 2.19. The Labute approximate surface area is 161 Å². The number of amides is 1. The quantitative estimate of drug-likeness (QED) is 0.614. The molecule has 2 aromatic carbocycles. The molecule has 1 aromatic heterocycles. The van der Waals surface area contributed by atoms with E-state index in [4.69, 9.17) is 4.74 Å². The molecule has 1 amide bonds. The monoisotopic (exact) mass is 380 g/mol. The summed E-state index contributed by atoms with van der Waals surface area (Å²) < 4.78 is 9.64. The van der Waals surface area contributed by atoms with Crippen LogP contribution in [0.15, 0.2) is 54.7 Å². The van der Waals surface area contributed by atoms with Gasteiger partial charge in [-0.15, -0.1) is 0 Å². The van der Waals surface area contributed by atoms with Gasteiger partial charge in [-0.3, -0.25) is 9.59 Å². The Balaban J connectivity index is 1.44. The molecule has 0 fully saturated rings. The summed E-state index contributed by atoms with van der Waals surface area (Å²) in [6, 6.07) is 14.1. The summed E-state index contributed by atoms with van der Waals surface area (Å²) in [5.74, 6) is -1.35. The number of H-pyrrole nitrogens is 1. The molecule has 0 aliphatic carbocycles. The summed E-state index contributed by atoms with van der Waals surface area (Å²) in [5, 5.41) is 3.67. The molecule has 144 valence electrons. The van der Waals surface area contributed by atoms with Crippen LogP contribution in [0.3, 0.4) is 0 Å². The van der Waals surface area contributed by atoms with E-state index < -0.39 is 17.8 Å². The zero-order valence-corrected chi connectivity index (χ0v) is 15.4. The first kappa shape index (κ1) is 19.2. The van der Waals surface area contributed by atoms with Crippen LogP contribution in [0.1, 0.15) is 22.3 Å². The molecule has 0 saturated heterocycles. The number of benzene rings is 2. The van der Waals surface area contributed by atoms with Crippen LogP contribution in [0.2, 0.25) is 0 Å². The number of aromatic amines is 1. The fourth-order valence-electron chi connectivity index (χ4n) is 2.80. The van der Waals surface area contributed by atoms with E-state index in [1.54, 1.807) is 12.1 Å². The number of ether oxygens (including phenoxy) is 2. The van der Waals surface area contributed by atoms with E-state index in [0.717, 1.165) is 16.5 Å². The molecule has 0 saturated carbocycles. The van der Waals surface area contributed by atoms with E-state index in [2.05, 4.69) is 15.0 Å². The Morgan fingerprint density at radius 3 is 2.54 bits per heavy atom. The highest BCUT2D eigenvalue weighted by Gasteiger charge is 2.11. The van der Waals surface area contributed by atoms with E-state index in [9.17, 15) is 14.4 Å². The van der Waals surface area contributed by atoms with Gasteiger partial charge >= 0.3 is 11.9 Å². The molecule has 3 aromatic rings. The van der Waals surface area contributed by atoms with Gasteiger partial charge in [-0.25, -0.2) is 4.79 Å². The third kappa shape index (κ3) is 4.76. The van der Waals surface area contributed by atoms with Crippen molar-refractivity contribution in [3.8, 4) is 0 Å². The van der Waals surface area contributed by atoms with Gasteiger partial charge in [-0.2, -0.15) is 0 Å². The fraction of sp³-hybridized carbons (Fsp3) is 0.190. The number of para-hydroxylation sites is 1. The van der Waals surface area contributed by atoms with Gasteiger partial charge in [0.2, 0.25) is 0 Å². The number of rotatable bonds is 7. The van der Waals surface area contributed by atoms with Gasteiger partial charge in [-0.05, 0) is 42.3 Å². The Morgan fingerprint density at radius 1 is 1.04 bits per heavy atom. The largest absolute Gasteiger partial charge is 0.465 e. The van der Waals surface area contributed by atoms with Crippen LogP contribution < -0.4 is 5.32 Å². The third-order valence-electron chi connectivity index (χ3n) is 4.23. The summed E-state index contributed by atoms with van der Waals surface area (Å²) in [5.41, 5.74) is 2.92. The number of aryl methyl sites for hydroxylation is 1. The van der Waals surface area contributed by atoms with Crippen molar-refractivity contribution in [2.24, 2.45) is 0 Å². The van der Waals surface area contributed by atoms with E-state index in [-0.39, 0.29) is 13.0 Å². The molecule has 0 aliphatic rings. The van der Waals surface area contributed by atoms with Gasteiger partial charge in [0.15, 0.2) is 6.61 Å².